The highest BCUT2D eigenvalue weighted by Gasteiger charge is 2.23. The molecule has 0 bridgehead atoms. The molecule has 2 N–H and O–H groups in total. The summed E-state index contributed by atoms with van der Waals surface area (Å²) in [6.07, 6.45) is 4.41. The third-order valence-electron chi connectivity index (χ3n) is 3.17. The lowest BCUT2D eigenvalue weighted by Gasteiger charge is -2.22. The summed E-state index contributed by atoms with van der Waals surface area (Å²) in [5.41, 5.74) is -0.502. The Morgan fingerprint density at radius 3 is 2.44 bits per heavy atom. The lowest BCUT2D eigenvalue weighted by molar-refractivity contribution is 0.390. The molecule has 0 saturated carbocycles. The molecule has 0 amide bonds. The lowest BCUT2D eigenvalue weighted by Crippen LogP contribution is -2.39. The van der Waals surface area contributed by atoms with Crippen LogP contribution in [0.15, 0.2) is 28.2 Å². The number of sulfonamides is 1. The van der Waals surface area contributed by atoms with Crippen molar-refractivity contribution < 1.29 is 8.42 Å². The van der Waals surface area contributed by atoms with E-state index in [4.69, 9.17) is 0 Å². The molecule has 0 radical (unpaired) electrons. The van der Waals surface area contributed by atoms with Crippen molar-refractivity contribution in [2.45, 2.75) is 44.6 Å². The summed E-state index contributed by atoms with van der Waals surface area (Å²) in [7, 11) is -3.75. The fourth-order valence-corrected chi connectivity index (χ4v) is 3.38. The summed E-state index contributed by atoms with van der Waals surface area (Å²) in [6.45, 7) is 5.87. The molecule has 1 unspecified atom stereocenters. The molecule has 0 fully saturated rings. The van der Waals surface area contributed by atoms with Gasteiger partial charge < -0.3 is 4.98 Å². The molecule has 5 nitrogen and oxygen atoms in total. The molecule has 102 valence electrons. The van der Waals surface area contributed by atoms with Crippen molar-refractivity contribution in [3.8, 4) is 0 Å². The summed E-state index contributed by atoms with van der Waals surface area (Å²) in [5, 5.41) is 0. The van der Waals surface area contributed by atoms with Crippen LogP contribution in [0.1, 0.15) is 33.6 Å². The fraction of sp³-hybridized carbons (Fsp3) is 0.583. The van der Waals surface area contributed by atoms with Crippen molar-refractivity contribution in [3.05, 3.63) is 28.7 Å². The number of hydrogen-bond donors (Lipinski definition) is 2. The number of nitrogens with one attached hydrogen (secondary N) is 2. The average Bonchev–Trinajstić information content (AvgIpc) is 2.30. The second kappa shape index (κ2) is 6.15. The molecule has 0 aliphatic heterocycles. The van der Waals surface area contributed by atoms with E-state index in [2.05, 4.69) is 9.71 Å². The number of H-pyrrole nitrogens is 1. The fourth-order valence-electron chi connectivity index (χ4n) is 2.01. The van der Waals surface area contributed by atoms with Gasteiger partial charge in [-0.15, -0.1) is 0 Å². The Labute approximate surface area is 108 Å². The maximum Gasteiger partial charge on any atom is 0.246 e. The molecule has 1 atom stereocenters. The standard InChI is InChI=1S/C12H20N2O3S/c1-4-10(5-2)9(3)14-18(16,17)12-8-13-7-6-11(12)15/h6-10,14H,4-5H2,1-3H3,(H,13,15). The van der Waals surface area contributed by atoms with Gasteiger partial charge in [0, 0.05) is 24.5 Å². The Bertz CT molecular complexity index is 532. The highest BCUT2D eigenvalue weighted by molar-refractivity contribution is 7.89. The van der Waals surface area contributed by atoms with Gasteiger partial charge in [-0.05, 0) is 12.8 Å². The van der Waals surface area contributed by atoms with Crippen LogP contribution in [0.3, 0.4) is 0 Å². The van der Waals surface area contributed by atoms with Crippen LogP contribution in [-0.2, 0) is 10.0 Å². The largest absolute Gasteiger partial charge is 0.366 e. The first-order valence-electron chi connectivity index (χ1n) is 6.11. The van der Waals surface area contributed by atoms with Gasteiger partial charge >= 0.3 is 0 Å². The topological polar surface area (TPSA) is 79.0 Å². The van der Waals surface area contributed by atoms with Gasteiger partial charge in [-0.25, -0.2) is 13.1 Å². The van der Waals surface area contributed by atoms with Crippen LogP contribution in [0, 0.1) is 5.92 Å². The molecule has 1 aromatic rings. The third-order valence-corrected chi connectivity index (χ3v) is 4.75. The zero-order valence-corrected chi connectivity index (χ0v) is 11.8. The molecule has 6 heteroatoms. The highest BCUT2D eigenvalue weighted by atomic mass is 32.2. The van der Waals surface area contributed by atoms with Gasteiger partial charge in [-0.2, -0.15) is 0 Å². The first kappa shape index (κ1) is 14.9. The molecule has 0 saturated heterocycles. The van der Waals surface area contributed by atoms with Crippen LogP contribution in [0.4, 0.5) is 0 Å². The van der Waals surface area contributed by atoms with Gasteiger partial charge in [0.15, 0.2) is 0 Å². The van der Waals surface area contributed by atoms with Gasteiger partial charge in [-0.3, -0.25) is 4.79 Å². The van der Waals surface area contributed by atoms with E-state index < -0.39 is 15.5 Å². The van der Waals surface area contributed by atoms with Crippen molar-refractivity contribution in [3.63, 3.8) is 0 Å². The van der Waals surface area contributed by atoms with E-state index in [1.807, 2.05) is 20.8 Å². The van der Waals surface area contributed by atoms with Crippen molar-refractivity contribution in [2.24, 2.45) is 5.92 Å². The molecule has 0 aliphatic rings. The average molecular weight is 272 g/mol. The van der Waals surface area contributed by atoms with Gasteiger partial charge in [0.1, 0.15) is 4.90 Å². The minimum atomic E-state index is -3.75. The first-order valence-corrected chi connectivity index (χ1v) is 7.60. The maximum absolute atomic E-state index is 12.1. The number of pyridine rings is 1. The normalized spacial score (nSPS) is 13.8. The van der Waals surface area contributed by atoms with E-state index in [0.717, 1.165) is 12.8 Å². The monoisotopic (exact) mass is 272 g/mol. The molecule has 0 aromatic carbocycles. The van der Waals surface area contributed by atoms with Crippen molar-refractivity contribution in [1.82, 2.24) is 9.71 Å². The van der Waals surface area contributed by atoms with E-state index in [9.17, 15) is 13.2 Å². The lowest BCUT2D eigenvalue weighted by atomic mass is 9.96. The van der Waals surface area contributed by atoms with Gasteiger partial charge in [0.05, 0.1) is 0 Å². The van der Waals surface area contributed by atoms with Crippen LogP contribution in [0.5, 0.6) is 0 Å². The van der Waals surface area contributed by atoms with Crippen LogP contribution >= 0.6 is 0 Å². The quantitative estimate of drug-likeness (QED) is 0.823. The van der Waals surface area contributed by atoms with Gasteiger partial charge in [0.25, 0.3) is 0 Å². The van der Waals surface area contributed by atoms with Crippen molar-refractivity contribution >= 4 is 10.0 Å². The molecular weight excluding hydrogens is 252 g/mol. The van der Waals surface area contributed by atoms with Crippen LogP contribution in [0.25, 0.3) is 0 Å². The molecule has 18 heavy (non-hydrogen) atoms. The Morgan fingerprint density at radius 2 is 1.94 bits per heavy atom. The predicted octanol–water partition coefficient (Wildman–Crippen LogP) is 1.48. The maximum atomic E-state index is 12.1. The number of aromatic nitrogens is 1. The summed E-state index contributed by atoms with van der Waals surface area (Å²) >= 11 is 0. The molecule has 1 heterocycles. The van der Waals surface area contributed by atoms with E-state index in [1.54, 1.807) is 0 Å². The predicted molar refractivity (Wildman–Crippen MR) is 70.9 cm³/mol. The second-order valence-corrected chi connectivity index (χ2v) is 6.04. The molecule has 0 aliphatic carbocycles. The zero-order valence-electron chi connectivity index (χ0n) is 10.9. The van der Waals surface area contributed by atoms with E-state index in [1.165, 1.54) is 18.5 Å². The van der Waals surface area contributed by atoms with Gasteiger partial charge in [-0.1, -0.05) is 26.7 Å². The number of rotatable bonds is 6. The third kappa shape index (κ3) is 3.43. The SMILES string of the molecule is CCC(CC)C(C)NS(=O)(=O)c1c[nH]ccc1=O. The summed E-state index contributed by atoms with van der Waals surface area (Å²) in [5.74, 6) is 0.266. The number of aromatic amines is 1. The Morgan fingerprint density at radius 1 is 1.33 bits per heavy atom. The molecular formula is C12H20N2O3S. The van der Waals surface area contributed by atoms with Crippen LogP contribution in [0.2, 0.25) is 0 Å². The van der Waals surface area contributed by atoms with E-state index >= 15 is 0 Å². The second-order valence-electron chi connectivity index (χ2n) is 4.36. The highest BCUT2D eigenvalue weighted by Crippen LogP contribution is 2.14. The van der Waals surface area contributed by atoms with Gasteiger partial charge in [0.2, 0.25) is 15.5 Å². The Kier molecular flexibility index (Phi) is 5.10. The Hall–Kier alpha value is -1.14. The molecule has 0 spiro atoms. The Balaban J connectivity index is 2.96. The first-order chi connectivity index (χ1) is 8.42. The van der Waals surface area contributed by atoms with E-state index in [-0.39, 0.29) is 16.9 Å². The smallest absolute Gasteiger partial charge is 0.246 e. The van der Waals surface area contributed by atoms with Crippen molar-refractivity contribution in [2.75, 3.05) is 0 Å². The number of hydrogen-bond acceptors (Lipinski definition) is 3. The van der Waals surface area contributed by atoms with Crippen molar-refractivity contribution in [1.29, 1.82) is 0 Å². The summed E-state index contributed by atoms with van der Waals surface area (Å²) < 4.78 is 26.7. The van der Waals surface area contributed by atoms with E-state index in [0.29, 0.717) is 0 Å². The van der Waals surface area contributed by atoms with Crippen LogP contribution < -0.4 is 10.2 Å². The minimum absolute atomic E-state index is 0.190. The van der Waals surface area contributed by atoms with Crippen LogP contribution in [-0.4, -0.2) is 19.4 Å². The zero-order chi connectivity index (χ0) is 13.8. The summed E-state index contributed by atoms with van der Waals surface area (Å²) in [6, 6.07) is 1.01. The summed E-state index contributed by atoms with van der Waals surface area (Å²) in [4.78, 5) is 13.9. The minimum Gasteiger partial charge on any atom is -0.366 e. The molecule has 1 aromatic heterocycles. The molecule has 1 rings (SSSR count).